The van der Waals surface area contributed by atoms with Gasteiger partial charge in [-0.3, -0.25) is 18.6 Å². The van der Waals surface area contributed by atoms with Crippen molar-refractivity contribution in [3.05, 3.63) is 194 Å². The molecule has 0 heterocycles. The first-order valence-corrected chi connectivity index (χ1v) is 34.7. The number of quaternary nitrogens is 1. The van der Waals surface area contributed by atoms with Crippen LogP contribution in [0, 0.1) is 0 Å². The Morgan fingerprint density at radius 2 is 0.628 bits per heavy atom. The quantitative estimate of drug-likeness (QED) is 0.0211. The minimum absolute atomic E-state index is 0.0139. The summed E-state index contributed by atoms with van der Waals surface area (Å²) in [5, 5.41) is 0. The highest BCUT2D eigenvalue weighted by Crippen LogP contribution is 2.43. The van der Waals surface area contributed by atoms with Crippen molar-refractivity contribution >= 4 is 19.8 Å². The summed E-state index contributed by atoms with van der Waals surface area (Å²) >= 11 is 0. The van der Waals surface area contributed by atoms with Gasteiger partial charge >= 0.3 is 19.8 Å². The average molecular weight is 1210 g/mol. The van der Waals surface area contributed by atoms with Crippen LogP contribution in [-0.4, -0.2) is 74.9 Å². The van der Waals surface area contributed by atoms with Gasteiger partial charge in [0.2, 0.25) is 0 Å². The lowest BCUT2D eigenvalue weighted by molar-refractivity contribution is -0.870. The molecule has 0 spiro atoms. The number of ether oxygens (including phenoxy) is 2. The lowest BCUT2D eigenvalue weighted by atomic mass is 10.1. The summed E-state index contributed by atoms with van der Waals surface area (Å²) < 4.78 is 34.6. The molecule has 0 amide bonds. The Hall–Kier alpha value is -5.15. The van der Waals surface area contributed by atoms with E-state index in [2.05, 4.69) is 208 Å². The Morgan fingerprint density at radius 3 is 0.930 bits per heavy atom. The van der Waals surface area contributed by atoms with Gasteiger partial charge in [0.05, 0.1) is 27.7 Å². The van der Waals surface area contributed by atoms with Crippen molar-refractivity contribution in [2.24, 2.45) is 0 Å². The number of carbonyl (C=O) groups excluding carboxylic acids is 2. The first kappa shape index (κ1) is 80.8. The molecule has 0 saturated carbocycles. The molecule has 86 heavy (non-hydrogen) atoms. The van der Waals surface area contributed by atoms with Crippen LogP contribution in [0.5, 0.6) is 0 Å². The average Bonchev–Trinajstić information content (AvgIpc) is 3.64. The second-order valence-electron chi connectivity index (χ2n) is 22.4. The van der Waals surface area contributed by atoms with Gasteiger partial charge in [-0.05, 0) is 141 Å². The zero-order valence-electron chi connectivity index (χ0n) is 54.7. The van der Waals surface area contributed by atoms with Crippen LogP contribution in [0.1, 0.15) is 219 Å². The van der Waals surface area contributed by atoms with E-state index < -0.39 is 32.5 Å². The first-order valence-electron chi connectivity index (χ1n) is 33.2. The number of nitrogens with zero attached hydrogens (tertiary/aromatic N) is 1. The highest BCUT2D eigenvalue weighted by molar-refractivity contribution is 7.47. The van der Waals surface area contributed by atoms with E-state index in [9.17, 15) is 19.0 Å². The Labute approximate surface area is 526 Å². The van der Waals surface area contributed by atoms with Crippen molar-refractivity contribution in [3.8, 4) is 0 Å². The topological polar surface area (TPSA) is 108 Å². The summed E-state index contributed by atoms with van der Waals surface area (Å²) in [6, 6.07) is 0. The lowest BCUT2D eigenvalue weighted by Crippen LogP contribution is -2.37. The lowest BCUT2D eigenvalue weighted by Gasteiger charge is -2.24. The summed E-state index contributed by atoms with van der Waals surface area (Å²) in [6.45, 7) is 4.14. The van der Waals surface area contributed by atoms with Crippen molar-refractivity contribution in [1.82, 2.24) is 0 Å². The Balaban J connectivity index is 4.25. The molecule has 0 aliphatic heterocycles. The zero-order chi connectivity index (χ0) is 62.6. The number of rotatable bonds is 58. The van der Waals surface area contributed by atoms with Gasteiger partial charge in [0, 0.05) is 12.8 Å². The second kappa shape index (κ2) is 64.3. The second-order valence-corrected chi connectivity index (χ2v) is 23.8. The third-order valence-electron chi connectivity index (χ3n) is 13.1. The Bertz CT molecular complexity index is 2150. The van der Waals surface area contributed by atoms with Gasteiger partial charge in [0.1, 0.15) is 19.8 Å². The van der Waals surface area contributed by atoms with E-state index in [4.69, 9.17) is 18.5 Å². The van der Waals surface area contributed by atoms with Crippen LogP contribution in [0.15, 0.2) is 194 Å². The predicted molar refractivity (Wildman–Crippen MR) is 371 cm³/mol. The molecule has 0 saturated heterocycles. The van der Waals surface area contributed by atoms with Gasteiger partial charge in [-0.1, -0.05) is 260 Å². The number of likely N-dealkylation sites (N-methyl/N-ethyl adjacent to an activating group) is 1. The largest absolute Gasteiger partial charge is 0.472 e. The maximum Gasteiger partial charge on any atom is 0.472 e. The van der Waals surface area contributed by atoms with E-state index in [1.165, 1.54) is 0 Å². The zero-order valence-corrected chi connectivity index (χ0v) is 55.6. The number of hydrogen-bond donors (Lipinski definition) is 1. The number of hydrogen-bond acceptors (Lipinski definition) is 7. The van der Waals surface area contributed by atoms with Gasteiger partial charge in [0.15, 0.2) is 6.10 Å². The molecular weight excluding hydrogens is 1090 g/mol. The number of phosphoric acid groups is 1. The summed E-state index contributed by atoms with van der Waals surface area (Å²) in [5.41, 5.74) is 0. The summed E-state index contributed by atoms with van der Waals surface area (Å²) in [6.07, 6.45) is 101. The van der Waals surface area contributed by atoms with Crippen molar-refractivity contribution in [2.75, 3.05) is 47.5 Å². The normalized spacial score (nSPS) is 14.4. The SMILES string of the molecule is CC/C=C\C/C=C\C/C=C\C/C=C\C/C=C\C/C=C\C/C=C\C/C=C\CCCCCCCCC(=O)OCC(COP(=O)(O)OCC[N+](C)(C)C)OC(=O)CCCCCCCC/C=C\C/C=C\C/C=C\C/C=C\C/C=C\C/C=C\C/C=C\C/C=C\CC. The molecule has 0 rings (SSSR count). The highest BCUT2D eigenvalue weighted by atomic mass is 31.2. The predicted octanol–water partition coefficient (Wildman–Crippen LogP) is 21.7. The van der Waals surface area contributed by atoms with E-state index in [0.29, 0.717) is 23.9 Å². The number of phosphoric ester groups is 1. The molecule has 0 radical (unpaired) electrons. The van der Waals surface area contributed by atoms with Gasteiger partial charge in [0.25, 0.3) is 0 Å². The molecular formula is C76H121NO8P+. The number of unbranched alkanes of at least 4 members (excludes halogenated alkanes) is 12. The number of allylic oxidation sites excluding steroid dienone is 32. The fraction of sp³-hybridized carbons (Fsp3) is 0.553. The highest BCUT2D eigenvalue weighted by Gasteiger charge is 2.27. The number of carbonyl (C=O) groups is 2. The van der Waals surface area contributed by atoms with E-state index in [1.54, 1.807) is 0 Å². The molecule has 0 fully saturated rings. The maximum absolute atomic E-state index is 12.9. The molecule has 0 aliphatic carbocycles. The molecule has 1 N–H and O–H groups in total. The minimum atomic E-state index is -4.42. The van der Waals surface area contributed by atoms with Crippen LogP contribution in [0.3, 0.4) is 0 Å². The molecule has 2 unspecified atom stereocenters. The molecule has 0 aromatic carbocycles. The molecule has 0 aromatic heterocycles. The van der Waals surface area contributed by atoms with E-state index in [-0.39, 0.29) is 26.1 Å². The molecule has 0 bridgehead atoms. The molecule has 10 heteroatoms. The van der Waals surface area contributed by atoms with Crippen LogP contribution >= 0.6 is 7.82 Å². The molecule has 9 nitrogen and oxygen atoms in total. The molecule has 2 atom stereocenters. The van der Waals surface area contributed by atoms with Crippen LogP contribution in [0.2, 0.25) is 0 Å². The number of esters is 2. The monoisotopic (exact) mass is 1210 g/mol. The van der Waals surface area contributed by atoms with Crippen molar-refractivity contribution in [1.29, 1.82) is 0 Å². The van der Waals surface area contributed by atoms with Crippen LogP contribution in [-0.2, 0) is 32.7 Å². The molecule has 0 aromatic rings. The van der Waals surface area contributed by atoms with Gasteiger partial charge in [-0.15, -0.1) is 0 Å². The van der Waals surface area contributed by atoms with Crippen molar-refractivity contribution in [2.45, 2.75) is 225 Å². The van der Waals surface area contributed by atoms with Crippen LogP contribution in [0.4, 0.5) is 0 Å². The third kappa shape index (κ3) is 68.0. The molecule has 0 aliphatic rings. The Morgan fingerprint density at radius 1 is 0.360 bits per heavy atom. The fourth-order valence-electron chi connectivity index (χ4n) is 8.10. The van der Waals surface area contributed by atoms with E-state index >= 15 is 0 Å². The van der Waals surface area contributed by atoms with Crippen molar-refractivity contribution < 1.29 is 42.1 Å². The van der Waals surface area contributed by atoms with E-state index in [1.807, 2.05) is 21.1 Å². The van der Waals surface area contributed by atoms with Crippen molar-refractivity contribution in [3.63, 3.8) is 0 Å². The van der Waals surface area contributed by atoms with Crippen LogP contribution in [0.25, 0.3) is 0 Å². The maximum atomic E-state index is 12.9. The fourth-order valence-corrected chi connectivity index (χ4v) is 8.85. The minimum Gasteiger partial charge on any atom is -0.462 e. The van der Waals surface area contributed by atoms with Gasteiger partial charge < -0.3 is 18.9 Å². The standard InChI is InChI=1S/C76H120NO8P/c1-6-8-10-12-14-16-18-20-22-24-26-28-30-32-34-36-38-40-42-44-46-48-50-52-54-56-58-60-62-64-66-68-75(78)82-72-74(73-84-86(80,81)83-71-70-77(3,4)5)85-76(79)69-67-65-63-61-59-57-55-53-51-49-47-45-43-41-39-37-35-33-31-29-27-25-23-21-19-17-15-13-11-9-7-2/h8-11,14-17,20-23,26-29,32-35,38-41,44-47,50-53,74H,6-7,12-13,18-19,24-25,30-31,36-37,42-43,48-49,54-73H2,1-5H3/p+1/b10-8-,11-9-,16-14-,17-15-,22-20-,23-21-,28-26-,29-27-,34-32-,35-33-,40-38-,41-39-,46-44-,47-45-,52-50-,53-51-. The summed E-state index contributed by atoms with van der Waals surface area (Å²) in [7, 11) is 1.43. The smallest absolute Gasteiger partial charge is 0.462 e. The van der Waals surface area contributed by atoms with Crippen LogP contribution < -0.4 is 0 Å². The first-order chi connectivity index (χ1) is 42.0. The Kier molecular flexibility index (Phi) is 60.5. The van der Waals surface area contributed by atoms with Gasteiger partial charge in [-0.2, -0.15) is 0 Å². The summed E-state index contributed by atoms with van der Waals surface area (Å²) in [4.78, 5) is 35.8. The third-order valence-corrected chi connectivity index (χ3v) is 14.1. The van der Waals surface area contributed by atoms with E-state index in [0.717, 1.165) is 180 Å². The van der Waals surface area contributed by atoms with Gasteiger partial charge in [-0.25, -0.2) is 4.57 Å². The summed E-state index contributed by atoms with van der Waals surface area (Å²) in [5.74, 6) is -0.848. The molecule has 482 valence electrons.